The van der Waals surface area contributed by atoms with Crippen molar-refractivity contribution in [3.8, 4) is 0 Å². The molecule has 1 fully saturated rings. The van der Waals surface area contributed by atoms with Crippen LogP contribution in [0.15, 0.2) is 0 Å². The van der Waals surface area contributed by atoms with Gasteiger partial charge in [-0.25, -0.2) is 0 Å². The zero-order valence-corrected chi connectivity index (χ0v) is 9.84. The van der Waals surface area contributed by atoms with E-state index < -0.39 is 0 Å². The van der Waals surface area contributed by atoms with Gasteiger partial charge < -0.3 is 0 Å². The molecular formula is C11H26N2+2. The SMILES string of the molecule is C[N+]1(C)CCCCCC[N+](C)(C)C1. The van der Waals surface area contributed by atoms with Gasteiger partial charge in [-0.1, -0.05) is 0 Å². The molecule has 0 radical (unpaired) electrons. The van der Waals surface area contributed by atoms with Crippen LogP contribution in [-0.2, 0) is 0 Å². The van der Waals surface area contributed by atoms with Gasteiger partial charge in [-0.3, -0.25) is 8.97 Å². The van der Waals surface area contributed by atoms with E-state index in [9.17, 15) is 0 Å². The van der Waals surface area contributed by atoms with Crippen molar-refractivity contribution in [2.45, 2.75) is 25.7 Å². The molecule has 0 aromatic carbocycles. The number of hydrogen-bond acceptors (Lipinski definition) is 0. The van der Waals surface area contributed by atoms with Crippen LogP contribution in [0.4, 0.5) is 0 Å². The monoisotopic (exact) mass is 186 g/mol. The Balaban J connectivity index is 2.59. The van der Waals surface area contributed by atoms with E-state index >= 15 is 0 Å². The van der Waals surface area contributed by atoms with Crippen molar-refractivity contribution in [1.29, 1.82) is 0 Å². The summed E-state index contributed by atoms with van der Waals surface area (Å²) in [5, 5.41) is 0. The van der Waals surface area contributed by atoms with Gasteiger partial charge >= 0.3 is 0 Å². The zero-order valence-electron chi connectivity index (χ0n) is 9.84. The molecular weight excluding hydrogens is 160 g/mol. The smallest absolute Gasteiger partial charge is 0.206 e. The minimum atomic E-state index is 1.19. The van der Waals surface area contributed by atoms with Crippen LogP contribution in [-0.4, -0.2) is 56.9 Å². The molecule has 0 aliphatic carbocycles. The van der Waals surface area contributed by atoms with E-state index in [1.807, 2.05) is 0 Å². The van der Waals surface area contributed by atoms with Crippen molar-refractivity contribution in [1.82, 2.24) is 0 Å². The molecule has 0 atom stereocenters. The van der Waals surface area contributed by atoms with E-state index in [0.717, 1.165) is 0 Å². The first-order valence-electron chi connectivity index (χ1n) is 5.55. The highest BCUT2D eigenvalue weighted by molar-refractivity contribution is 4.45. The number of quaternary nitrogens is 2. The first-order valence-corrected chi connectivity index (χ1v) is 5.55. The predicted octanol–water partition coefficient (Wildman–Crippen LogP) is 1.67. The van der Waals surface area contributed by atoms with Gasteiger partial charge in [0.25, 0.3) is 0 Å². The molecule has 1 heterocycles. The summed E-state index contributed by atoms with van der Waals surface area (Å²) in [6.45, 7) is 3.98. The van der Waals surface area contributed by atoms with Gasteiger partial charge in [0.2, 0.25) is 6.67 Å². The fourth-order valence-electron chi connectivity index (χ4n) is 2.61. The fraction of sp³-hybridized carbons (Fsp3) is 1.00. The zero-order chi connectivity index (χ0) is 9.95. The molecule has 13 heavy (non-hydrogen) atoms. The van der Waals surface area contributed by atoms with Crippen LogP contribution < -0.4 is 0 Å². The first-order chi connectivity index (χ1) is 5.91. The van der Waals surface area contributed by atoms with E-state index in [0.29, 0.717) is 0 Å². The molecule has 0 bridgehead atoms. The average molecular weight is 186 g/mol. The quantitative estimate of drug-likeness (QED) is 0.505. The summed E-state index contributed by atoms with van der Waals surface area (Å²) in [5.41, 5.74) is 0. The molecule has 0 aromatic rings. The standard InChI is InChI=1S/C11H26N2/c1-12(2)9-7-5-6-8-10-13(3,4)11-12/h5-11H2,1-4H3/q+2. The van der Waals surface area contributed by atoms with Crippen molar-refractivity contribution in [2.75, 3.05) is 47.9 Å². The van der Waals surface area contributed by atoms with Crippen LogP contribution in [0.2, 0.25) is 0 Å². The lowest BCUT2D eigenvalue weighted by atomic mass is 10.2. The summed E-state index contributed by atoms with van der Waals surface area (Å²) in [4.78, 5) is 0. The summed E-state index contributed by atoms with van der Waals surface area (Å²) < 4.78 is 2.38. The summed E-state index contributed by atoms with van der Waals surface area (Å²) in [6.07, 6.45) is 5.68. The molecule has 78 valence electrons. The number of hydrogen-bond donors (Lipinski definition) is 0. The largest absolute Gasteiger partial charge is 0.282 e. The second-order valence-corrected chi connectivity index (χ2v) is 5.87. The van der Waals surface area contributed by atoms with Gasteiger partial charge in [-0.05, 0) is 25.7 Å². The highest BCUT2D eigenvalue weighted by Crippen LogP contribution is 2.14. The maximum atomic E-state index is 2.37. The van der Waals surface area contributed by atoms with E-state index in [2.05, 4.69) is 28.2 Å². The van der Waals surface area contributed by atoms with Gasteiger partial charge in [0.1, 0.15) is 0 Å². The Kier molecular flexibility index (Phi) is 3.36. The summed E-state index contributed by atoms with van der Waals surface area (Å²) in [6, 6.07) is 0. The van der Waals surface area contributed by atoms with Crippen molar-refractivity contribution < 1.29 is 8.97 Å². The minimum absolute atomic E-state index is 1.19. The summed E-state index contributed by atoms with van der Waals surface area (Å²) in [7, 11) is 9.47. The van der Waals surface area contributed by atoms with Gasteiger partial charge in [0, 0.05) is 0 Å². The van der Waals surface area contributed by atoms with Crippen LogP contribution in [0, 0.1) is 0 Å². The van der Waals surface area contributed by atoms with E-state index in [1.165, 1.54) is 54.4 Å². The number of rotatable bonds is 0. The molecule has 0 saturated carbocycles. The van der Waals surface area contributed by atoms with Crippen LogP contribution in [0.3, 0.4) is 0 Å². The third kappa shape index (κ3) is 4.10. The normalized spacial score (nSPS) is 28.6. The Morgan fingerprint density at radius 3 is 1.38 bits per heavy atom. The van der Waals surface area contributed by atoms with Crippen LogP contribution >= 0.6 is 0 Å². The average Bonchev–Trinajstić information content (AvgIpc) is 1.97. The topological polar surface area (TPSA) is 0 Å². The molecule has 1 saturated heterocycles. The molecule has 1 aliphatic heterocycles. The Bertz CT molecular complexity index is 143. The van der Waals surface area contributed by atoms with Crippen molar-refractivity contribution in [3.05, 3.63) is 0 Å². The minimum Gasteiger partial charge on any atom is -0.282 e. The van der Waals surface area contributed by atoms with Crippen LogP contribution in [0.5, 0.6) is 0 Å². The van der Waals surface area contributed by atoms with Crippen LogP contribution in [0.25, 0.3) is 0 Å². The molecule has 1 rings (SSSR count). The third-order valence-corrected chi connectivity index (χ3v) is 3.04. The molecule has 2 heteroatoms. The molecule has 0 unspecified atom stereocenters. The van der Waals surface area contributed by atoms with Crippen molar-refractivity contribution in [2.24, 2.45) is 0 Å². The molecule has 2 nitrogen and oxygen atoms in total. The Morgan fingerprint density at radius 2 is 1.00 bits per heavy atom. The van der Waals surface area contributed by atoms with E-state index in [1.54, 1.807) is 0 Å². The molecule has 0 N–H and O–H groups in total. The Hall–Kier alpha value is -0.0800. The lowest BCUT2D eigenvalue weighted by Gasteiger charge is -2.38. The number of nitrogens with zero attached hydrogens (tertiary/aromatic N) is 2. The first kappa shape index (κ1) is 11.0. The summed E-state index contributed by atoms with van der Waals surface area (Å²) >= 11 is 0. The van der Waals surface area contributed by atoms with E-state index in [-0.39, 0.29) is 0 Å². The van der Waals surface area contributed by atoms with E-state index in [4.69, 9.17) is 0 Å². The Labute approximate surface area is 83.3 Å². The molecule has 0 aromatic heterocycles. The van der Waals surface area contributed by atoms with Crippen LogP contribution in [0.1, 0.15) is 25.7 Å². The molecule has 1 aliphatic rings. The lowest BCUT2D eigenvalue weighted by Crippen LogP contribution is -2.55. The second-order valence-electron chi connectivity index (χ2n) is 5.87. The maximum absolute atomic E-state index is 2.37. The molecule has 0 spiro atoms. The predicted molar refractivity (Wildman–Crippen MR) is 57.3 cm³/mol. The van der Waals surface area contributed by atoms with Crippen molar-refractivity contribution in [3.63, 3.8) is 0 Å². The highest BCUT2D eigenvalue weighted by Gasteiger charge is 2.27. The van der Waals surface area contributed by atoms with Gasteiger partial charge in [-0.2, -0.15) is 0 Å². The van der Waals surface area contributed by atoms with Gasteiger partial charge in [-0.15, -0.1) is 0 Å². The Morgan fingerprint density at radius 1 is 0.615 bits per heavy atom. The highest BCUT2D eigenvalue weighted by atomic mass is 15.5. The van der Waals surface area contributed by atoms with Gasteiger partial charge in [0.05, 0.1) is 41.3 Å². The molecule has 0 amide bonds. The lowest BCUT2D eigenvalue weighted by molar-refractivity contribution is -1.07. The van der Waals surface area contributed by atoms with Gasteiger partial charge in [0.15, 0.2) is 0 Å². The maximum Gasteiger partial charge on any atom is 0.206 e. The third-order valence-electron chi connectivity index (χ3n) is 3.04. The van der Waals surface area contributed by atoms with Crippen molar-refractivity contribution >= 4 is 0 Å². The fourth-order valence-corrected chi connectivity index (χ4v) is 2.61. The summed E-state index contributed by atoms with van der Waals surface area (Å²) in [5.74, 6) is 0. The second kappa shape index (κ2) is 3.97.